The van der Waals surface area contributed by atoms with Crippen LogP contribution in [-0.2, 0) is 20.8 Å². The van der Waals surface area contributed by atoms with Gasteiger partial charge in [-0.3, -0.25) is 9.48 Å². The van der Waals surface area contributed by atoms with Gasteiger partial charge in [-0.15, -0.1) is 11.3 Å². The third kappa shape index (κ3) is 5.20. The number of ether oxygens (including phenoxy) is 2. The molecule has 0 saturated carbocycles. The van der Waals surface area contributed by atoms with Crippen LogP contribution < -0.4 is 5.32 Å². The molecule has 2 heterocycles. The van der Waals surface area contributed by atoms with Gasteiger partial charge >= 0.3 is 11.9 Å². The van der Waals surface area contributed by atoms with Crippen LogP contribution in [0.4, 0.5) is 5.00 Å². The number of nitrogens with one attached hydrogen (secondary N) is 1. The van der Waals surface area contributed by atoms with Crippen LogP contribution in [0.2, 0.25) is 0 Å². The van der Waals surface area contributed by atoms with Crippen molar-refractivity contribution < 1.29 is 23.9 Å². The summed E-state index contributed by atoms with van der Waals surface area (Å²) in [6, 6.07) is 0. The van der Waals surface area contributed by atoms with E-state index in [0.29, 0.717) is 5.56 Å². The minimum absolute atomic E-state index is 0.0448. The Labute approximate surface area is 175 Å². The van der Waals surface area contributed by atoms with Crippen molar-refractivity contribution in [1.29, 1.82) is 0 Å². The van der Waals surface area contributed by atoms with Crippen LogP contribution in [0.3, 0.4) is 0 Å². The first kappa shape index (κ1) is 22.1. The minimum Gasteiger partial charge on any atom is -0.462 e. The highest BCUT2D eigenvalue weighted by molar-refractivity contribution is 9.10. The number of rotatable bonds is 7. The topological polar surface area (TPSA) is 99.5 Å². The van der Waals surface area contributed by atoms with Gasteiger partial charge in [0.25, 0.3) is 0 Å². The van der Waals surface area contributed by atoms with Crippen molar-refractivity contribution in [3.63, 3.8) is 0 Å². The van der Waals surface area contributed by atoms with E-state index in [4.69, 9.17) is 9.47 Å². The Morgan fingerprint density at radius 2 is 1.96 bits per heavy atom. The van der Waals surface area contributed by atoms with Gasteiger partial charge < -0.3 is 14.8 Å². The lowest BCUT2D eigenvalue weighted by Crippen LogP contribution is -2.21. The number of halogens is 1. The molecule has 0 aliphatic carbocycles. The molecule has 152 valence electrons. The molecular formula is C18H22BrN3O5S. The Morgan fingerprint density at radius 1 is 1.29 bits per heavy atom. The molecule has 28 heavy (non-hydrogen) atoms. The number of hydrogen-bond donors (Lipinski definition) is 1. The number of amides is 1. The van der Waals surface area contributed by atoms with Crippen molar-refractivity contribution in [2.75, 3.05) is 11.9 Å². The van der Waals surface area contributed by atoms with Gasteiger partial charge in [0, 0.05) is 6.20 Å². The van der Waals surface area contributed by atoms with E-state index in [1.807, 2.05) is 6.92 Å². The normalized spacial score (nSPS) is 10.8. The van der Waals surface area contributed by atoms with E-state index in [-0.39, 0.29) is 40.6 Å². The Bertz CT molecular complexity index is 884. The van der Waals surface area contributed by atoms with E-state index in [9.17, 15) is 14.4 Å². The van der Waals surface area contributed by atoms with E-state index in [2.05, 4.69) is 26.3 Å². The summed E-state index contributed by atoms with van der Waals surface area (Å²) in [6.07, 6.45) is 1.35. The summed E-state index contributed by atoms with van der Waals surface area (Å²) >= 11 is 4.33. The van der Waals surface area contributed by atoms with E-state index >= 15 is 0 Å². The smallest absolute Gasteiger partial charge is 0.348 e. The highest BCUT2D eigenvalue weighted by Crippen LogP contribution is 2.34. The van der Waals surface area contributed by atoms with Crippen molar-refractivity contribution in [2.24, 2.45) is 0 Å². The molecule has 0 spiro atoms. The Balaban J connectivity index is 2.31. The molecule has 0 fully saturated rings. The summed E-state index contributed by atoms with van der Waals surface area (Å²) in [4.78, 5) is 37.5. The summed E-state index contributed by atoms with van der Waals surface area (Å²) < 4.78 is 12.6. The van der Waals surface area contributed by atoms with Crippen molar-refractivity contribution in [2.45, 2.75) is 47.3 Å². The van der Waals surface area contributed by atoms with Crippen molar-refractivity contribution in [3.8, 4) is 0 Å². The maximum Gasteiger partial charge on any atom is 0.348 e. The maximum atomic E-state index is 12.5. The third-order valence-corrected chi connectivity index (χ3v) is 5.57. The fraction of sp³-hybridized carbons (Fsp3) is 0.444. The molecule has 2 aromatic heterocycles. The van der Waals surface area contributed by atoms with Crippen molar-refractivity contribution in [1.82, 2.24) is 9.78 Å². The number of hydrogen-bond acceptors (Lipinski definition) is 7. The largest absolute Gasteiger partial charge is 0.462 e. The van der Waals surface area contributed by atoms with Gasteiger partial charge in [-0.25, -0.2) is 9.59 Å². The molecule has 0 saturated heterocycles. The van der Waals surface area contributed by atoms with E-state index in [0.717, 1.165) is 21.5 Å². The lowest BCUT2D eigenvalue weighted by molar-refractivity contribution is -0.116. The molecule has 0 atom stereocenters. The number of anilines is 1. The zero-order chi connectivity index (χ0) is 21.0. The second kappa shape index (κ2) is 9.33. The number of carbonyl (C=O) groups is 3. The van der Waals surface area contributed by atoms with Gasteiger partial charge in [-0.1, -0.05) is 0 Å². The van der Waals surface area contributed by atoms with Crippen LogP contribution in [0.1, 0.15) is 52.1 Å². The molecule has 0 aliphatic heterocycles. The molecule has 1 amide bonds. The number of esters is 2. The summed E-state index contributed by atoms with van der Waals surface area (Å²) in [5.41, 5.74) is 1.33. The van der Waals surface area contributed by atoms with Gasteiger partial charge in [0.15, 0.2) is 0 Å². The zero-order valence-electron chi connectivity index (χ0n) is 16.3. The summed E-state index contributed by atoms with van der Waals surface area (Å²) in [5, 5.41) is 7.15. The molecule has 1 N–H and O–H groups in total. The van der Waals surface area contributed by atoms with E-state index in [1.165, 1.54) is 4.68 Å². The van der Waals surface area contributed by atoms with Crippen molar-refractivity contribution >= 4 is 50.1 Å². The van der Waals surface area contributed by atoms with Crippen molar-refractivity contribution in [3.05, 3.63) is 32.4 Å². The quantitative estimate of drug-likeness (QED) is 0.617. The average molecular weight is 472 g/mol. The van der Waals surface area contributed by atoms with Crippen LogP contribution >= 0.6 is 27.3 Å². The number of carbonyl (C=O) groups excluding carboxylic acids is 3. The maximum absolute atomic E-state index is 12.5. The minimum atomic E-state index is -0.604. The molecule has 0 aromatic carbocycles. The first-order valence-electron chi connectivity index (χ1n) is 8.64. The standard InChI is InChI=1S/C18H22BrN3O5S/c1-6-26-18(25)15-10(4)14(17(24)27-9(2)3)16(28-15)20-13(23)8-22-7-12(19)11(5)21-22/h7,9H,6,8H2,1-5H3,(H,20,23). The van der Waals surface area contributed by atoms with Gasteiger partial charge in [-0.05, 0) is 56.1 Å². The Hall–Kier alpha value is -2.20. The zero-order valence-corrected chi connectivity index (χ0v) is 18.7. The number of aromatic nitrogens is 2. The lowest BCUT2D eigenvalue weighted by atomic mass is 10.1. The van der Waals surface area contributed by atoms with Gasteiger partial charge in [0.05, 0.1) is 28.4 Å². The SMILES string of the molecule is CCOC(=O)c1sc(NC(=O)Cn2cc(Br)c(C)n2)c(C(=O)OC(C)C)c1C. The molecule has 10 heteroatoms. The van der Waals surface area contributed by atoms with Crippen LogP contribution in [0.5, 0.6) is 0 Å². The van der Waals surface area contributed by atoms with Gasteiger partial charge in [0.1, 0.15) is 16.4 Å². The second-order valence-corrected chi connectivity index (χ2v) is 8.12. The molecule has 0 unspecified atom stereocenters. The first-order valence-corrected chi connectivity index (χ1v) is 10.3. The molecule has 2 aromatic rings. The summed E-state index contributed by atoms with van der Waals surface area (Å²) in [7, 11) is 0. The van der Waals surface area contributed by atoms with Crippen LogP contribution in [-0.4, -0.2) is 40.3 Å². The fourth-order valence-corrected chi connectivity index (χ4v) is 3.82. The molecule has 0 radical (unpaired) electrons. The Kier molecular flexibility index (Phi) is 7.36. The number of nitrogens with zero attached hydrogens (tertiary/aromatic N) is 2. The first-order chi connectivity index (χ1) is 13.1. The van der Waals surface area contributed by atoms with E-state index in [1.54, 1.807) is 33.9 Å². The van der Waals surface area contributed by atoms with Crippen LogP contribution in [0.15, 0.2) is 10.7 Å². The number of thiophene rings is 1. The monoisotopic (exact) mass is 471 g/mol. The Morgan fingerprint density at radius 3 is 2.50 bits per heavy atom. The molecule has 8 nitrogen and oxygen atoms in total. The third-order valence-electron chi connectivity index (χ3n) is 3.60. The average Bonchev–Trinajstić information content (AvgIpc) is 3.06. The summed E-state index contributed by atoms with van der Waals surface area (Å²) in [5.74, 6) is -1.53. The fourth-order valence-electron chi connectivity index (χ4n) is 2.40. The molecular weight excluding hydrogens is 450 g/mol. The predicted molar refractivity (Wildman–Crippen MR) is 109 cm³/mol. The van der Waals surface area contributed by atoms with Gasteiger partial charge in [-0.2, -0.15) is 5.10 Å². The highest BCUT2D eigenvalue weighted by Gasteiger charge is 2.28. The van der Waals surface area contributed by atoms with Crippen LogP contribution in [0, 0.1) is 13.8 Å². The van der Waals surface area contributed by atoms with E-state index < -0.39 is 11.9 Å². The second-order valence-electron chi connectivity index (χ2n) is 6.24. The van der Waals surface area contributed by atoms with Gasteiger partial charge in [0.2, 0.25) is 5.91 Å². The molecule has 0 bridgehead atoms. The summed E-state index contributed by atoms with van der Waals surface area (Å²) in [6.45, 7) is 8.75. The number of aryl methyl sites for hydroxylation is 1. The molecule has 0 aliphatic rings. The molecule has 2 rings (SSSR count). The highest BCUT2D eigenvalue weighted by atomic mass is 79.9. The van der Waals surface area contributed by atoms with Crippen LogP contribution in [0.25, 0.3) is 0 Å². The lowest BCUT2D eigenvalue weighted by Gasteiger charge is -2.10. The predicted octanol–water partition coefficient (Wildman–Crippen LogP) is 3.70.